The summed E-state index contributed by atoms with van der Waals surface area (Å²) in [5.41, 5.74) is 0.810. The fourth-order valence-corrected chi connectivity index (χ4v) is 2.77. The van der Waals surface area contributed by atoms with Gasteiger partial charge < -0.3 is 25.8 Å². The molecule has 3 amide bonds. The first kappa shape index (κ1) is 25.9. The third kappa shape index (κ3) is 9.50. The zero-order chi connectivity index (χ0) is 23.6. The number of nitrogens with one attached hydrogen (secondary N) is 3. The van der Waals surface area contributed by atoms with Crippen molar-refractivity contribution in [1.29, 1.82) is 0 Å². The van der Waals surface area contributed by atoms with Crippen LogP contribution >= 0.6 is 0 Å². The SMILES string of the molecule is CC(C)C[C@H](NC(=O)[C@@H](NC(=O)OCc1ccccc1)C(C)C)C(=O)N[C@@H](C)C(=O)O. The molecule has 0 fully saturated rings. The Morgan fingerprint density at radius 3 is 2.03 bits per heavy atom. The largest absolute Gasteiger partial charge is 0.480 e. The smallest absolute Gasteiger partial charge is 0.408 e. The number of carbonyl (C=O) groups is 4. The Balaban J connectivity index is 2.77. The molecule has 172 valence electrons. The Morgan fingerprint density at radius 1 is 0.903 bits per heavy atom. The molecule has 9 heteroatoms. The lowest BCUT2D eigenvalue weighted by molar-refractivity contribution is -0.141. The van der Waals surface area contributed by atoms with E-state index in [-0.39, 0.29) is 18.4 Å². The van der Waals surface area contributed by atoms with Gasteiger partial charge in [-0.05, 0) is 30.7 Å². The van der Waals surface area contributed by atoms with Crippen LogP contribution in [0.25, 0.3) is 0 Å². The van der Waals surface area contributed by atoms with Crippen molar-refractivity contribution in [2.75, 3.05) is 0 Å². The van der Waals surface area contributed by atoms with Gasteiger partial charge in [-0.3, -0.25) is 14.4 Å². The normalized spacial score (nSPS) is 13.8. The number of benzene rings is 1. The van der Waals surface area contributed by atoms with Gasteiger partial charge in [-0.15, -0.1) is 0 Å². The van der Waals surface area contributed by atoms with Crippen molar-refractivity contribution in [3.8, 4) is 0 Å². The molecule has 0 radical (unpaired) electrons. The number of rotatable bonds is 11. The molecule has 1 aromatic rings. The number of amides is 3. The maximum atomic E-state index is 12.8. The number of hydrogen-bond acceptors (Lipinski definition) is 5. The molecule has 0 bridgehead atoms. The summed E-state index contributed by atoms with van der Waals surface area (Å²) in [5, 5.41) is 16.6. The summed E-state index contributed by atoms with van der Waals surface area (Å²) in [6.07, 6.45) is -0.435. The summed E-state index contributed by atoms with van der Waals surface area (Å²) in [4.78, 5) is 48.6. The molecule has 0 spiro atoms. The second-order valence-electron chi connectivity index (χ2n) is 8.19. The highest BCUT2D eigenvalue weighted by Crippen LogP contribution is 2.09. The van der Waals surface area contributed by atoms with Crippen molar-refractivity contribution < 1.29 is 29.0 Å². The molecule has 0 aromatic heterocycles. The zero-order valence-electron chi connectivity index (χ0n) is 18.7. The van der Waals surface area contributed by atoms with Gasteiger partial charge in [0, 0.05) is 0 Å². The maximum absolute atomic E-state index is 12.8. The number of carbonyl (C=O) groups excluding carboxylic acids is 3. The van der Waals surface area contributed by atoms with E-state index in [9.17, 15) is 19.2 Å². The van der Waals surface area contributed by atoms with Crippen LogP contribution in [0.3, 0.4) is 0 Å². The van der Waals surface area contributed by atoms with E-state index in [0.717, 1.165) is 5.56 Å². The lowest BCUT2D eigenvalue weighted by Crippen LogP contribution is -2.57. The molecule has 0 heterocycles. The van der Waals surface area contributed by atoms with Gasteiger partial charge in [0.2, 0.25) is 11.8 Å². The quantitative estimate of drug-likeness (QED) is 0.420. The molecular formula is C22H33N3O6. The van der Waals surface area contributed by atoms with E-state index in [4.69, 9.17) is 9.84 Å². The summed E-state index contributed by atoms with van der Waals surface area (Å²) in [5.74, 6) is -2.52. The van der Waals surface area contributed by atoms with Gasteiger partial charge in [-0.2, -0.15) is 0 Å². The third-order valence-corrected chi connectivity index (χ3v) is 4.50. The number of alkyl carbamates (subject to hydrolysis) is 1. The Hall–Kier alpha value is -3.10. The summed E-state index contributed by atoms with van der Waals surface area (Å²) in [7, 11) is 0. The van der Waals surface area contributed by atoms with Crippen LogP contribution in [-0.4, -0.2) is 47.1 Å². The van der Waals surface area contributed by atoms with E-state index in [0.29, 0.717) is 6.42 Å². The Kier molecular flexibility index (Phi) is 10.5. The number of hydrogen-bond donors (Lipinski definition) is 4. The van der Waals surface area contributed by atoms with E-state index in [1.807, 2.05) is 44.2 Å². The lowest BCUT2D eigenvalue weighted by Gasteiger charge is -2.26. The molecule has 1 aromatic carbocycles. The van der Waals surface area contributed by atoms with Gasteiger partial charge in [-0.25, -0.2) is 4.79 Å². The number of carboxylic acids is 1. The fraction of sp³-hybridized carbons (Fsp3) is 0.545. The third-order valence-electron chi connectivity index (χ3n) is 4.50. The first-order valence-corrected chi connectivity index (χ1v) is 10.3. The minimum Gasteiger partial charge on any atom is -0.480 e. The highest BCUT2D eigenvalue weighted by molar-refractivity contribution is 5.92. The molecule has 0 saturated carbocycles. The van der Waals surface area contributed by atoms with E-state index in [1.54, 1.807) is 13.8 Å². The number of aliphatic carboxylic acids is 1. The Bertz CT molecular complexity index is 751. The molecule has 4 N–H and O–H groups in total. The molecule has 0 saturated heterocycles. The van der Waals surface area contributed by atoms with Crippen molar-refractivity contribution in [3.05, 3.63) is 35.9 Å². The van der Waals surface area contributed by atoms with Crippen LogP contribution in [-0.2, 0) is 25.7 Å². The predicted octanol–water partition coefficient (Wildman–Crippen LogP) is 2.06. The van der Waals surface area contributed by atoms with Crippen LogP contribution in [0.1, 0.15) is 46.6 Å². The van der Waals surface area contributed by atoms with E-state index in [2.05, 4.69) is 16.0 Å². The molecule has 0 aliphatic rings. The minimum absolute atomic E-state index is 0.0601. The first-order chi connectivity index (χ1) is 14.5. The summed E-state index contributed by atoms with van der Waals surface area (Å²) in [6, 6.07) is 6.17. The van der Waals surface area contributed by atoms with Gasteiger partial charge in [-0.1, -0.05) is 58.0 Å². The lowest BCUT2D eigenvalue weighted by atomic mass is 10.00. The van der Waals surface area contributed by atoms with Gasteiger partial charge in [0.25, 0.3) is 0 Å². The molecule has 3 atom stereocenters. The van der Waals surface area contributed by atoms with Gasteiger partial charge in [0.05, 0.1) is 0 Å². The predicted molar refractivity (Wildman–Crippen MR) is 115 cm³/mol. The van der Waals surface area contributed by atoms with Crippen molar-refractivity contribution in [3.63, 3.8) is 0 Å². The monoisotopic (exact) mass is 435 g/mol. The number of carboxylic acid groups (broad SMARTS) is 1. The molecule has 0 aliphatic heterocycles. The van der Waals surface area contributed by atoms with Gasteiger partial charge in [0.15, 0.2) is 0 Å². The zero-order valence-corrected chi connectivity index (χ0v) is 18.7. The molecule has 9 nitrogen and oxygen atoms in total. The molecular weight excluding hydrogens is 402 g/mol. The summed E-state index contributed by atoms with van der Waals surface area (Å²) in [6.45, 7) is 8.68. The minimum atomic E-state index is -1.18. The molecule has 1 rings (SSSR count). The first-order valence-electron chi connectivity index (χ1n) is 10.3. The average Bonchev–Trinajstić information content (AvgIpc) is 2.69. The van der Waals surface area contributed by atoms with Crippen molar-refractivity contribution in [2.24, 2.45) is 11.8 Å². The van der Waals surface area contributed by atoms with E-state index >= 15 is 0 Å². The summed E-state index contributed by atoms with van der Waals surface area (Å²) < 4.78 is 5.18. The molecule has 0 aliphatic carbocycles. The second-order valence-corrected chi connectivity index (χ2v) is 8.19. The van der Waals surface area contributed by atoms with Crippen molar-refractivity contribution in [2.45, 2.75) is 65.8 Å². The van der Waals surface area contributed by atoms with Crippen molar-refractivity contribution >= 4 is 23.9 Å². The topological polar surface area (TPSA) is 134 Å². The van der Waals surface area contributed by atoms with Crippen LogP contribution in [0.5, 0.6) is 0 Å². The maximum Gasteiger partial charge on any atom is 0.408 e. The van der Waals surface area contributed by atoms with E-state index in [1.165, 1.54) is 6.92 Å². The molecule has 31 heavy (non-hydrogen) atoms. The van der Waals surface area contributed by atoms with Crippen LogP contribution < -0.4 is 16.0 Å². The Labute approximate surface area is 182 Å². The average molecular weight is 436 g/mol. The number of ether oxygens (including phenoxy) is 1. The van der Waals surface area contributed by atoms with Gasteiger partial charge >= 0.3 is 12.1 Å². The molecule has 0 unspecified atom stereocenters. The Morgan fingerprint density at radius 2 is 1.52 bits per heavy atom. The van der Waals surface area contributed by atoms with Crippen LogP contribution in [0.4, 0.5) is 4.79 Å². The van der Waals surface area contributed by atoms with Crippen LogP contribution in [0, 0.1) is 11.8 Å². The van der Waals surface area contributed by atoms with Crippen molar-refractivity contribution in [1.82, 2.24) is 16.0 Å². The highest BCUT2D eigenvalue weighted by atomic mass is 16.5. The summed E-state index contributed by atoms with van der Waals surface area (Å²) >= 11 is 0. The van der Waals surface area contributed by atoms with Crippen LogP contribution in [0.15, 0.2) is 30.3 Å². The fourth-order valence-electron chi connectivity index (χ4n) is 2.77. The highest BCUT2D eigenvalue weighted by Gasteiger charge is 2.30. The standard InChI is InChI=1S/C22H33N3O6/c1-13(2)11-17(19(26)23-15(5)21(28)29)24-20(27)18(14(3)4)25-22(30)31-12-16-9-7-6-8-10-16/h6-10,13-15,17-18H,11-12H2,1-5H3,(H,23,26)(H,24,27)(H,25,30)(H,28,29)/t15-,17-,18-/m0/s1. The van der Waals surface area contributed by atoms with Crippen LogP contribution in [0.2, 0.25) is 0 Å². The van der Waals surface area contributed by atoms with E-state index < -0.39 is 42.0 Å². The van der Waals surface area contributed by atoms with Gasteiger partial charge in [0.1, 0.15) is 24.7 Å². The second kappa shape index (κ2) is 12.6.